The molecule has 0 unspecified atom stereocenters. The van der Waals surface area contributed by atoms with E-state index in [2.05, 4.69) is 25.2 Å². The zero-order chi connectivity index (χ0) is 13.6. The lowest BCUT2D eigenvalue weighted by Gasteiger charge is -2.34. The number of nitrogens with one attached hydrogen (secondary N) is 1. The molecule has 0 saturated carbocycles. The lowest BCUT2D eigenvalue weighted by atomic mass is 9.90. The van der Waals surface area contributed by atoms with Crippen LogP contribution < -0.4 is 10.1 Å². The Balaban J connectivity index is 2.30. The van der Waals surface area contributed by atoms with Crippen LogP contribution >= 0.6 is 32.9 Å². The number of ether oxygens (including phenoxy) is 1. The Morgan fingerprint density at radius 3 is 2.84 bits per heavy atom. The molecule has 2 nitrogen and oxygen atoms in total. The van der Waals surface area contributed by atoms with Gasteiger partial charge in [0.2, 0.25) is 0 Å². The smallest absolute Gasteiger partial charge is 0.143 e. The monoisotopic (exact) mass is 309 g/mol. The molecule has 100 valence electrons. The van der Waals surface area contributed by atoms with Crippen molar-refractivity contribution in [3.05, 3.63) is 26.9 Å². The summed E-state index contributed by atoms with van der Waals surface area (Å²) in [5.41, 5.74) is 3.35. The van der Waals surface area contributed by atoms with Crippen LogP contribution in [0.4, 0.5) is 5.69 Å². The molecule has 1 N–H and O–H groups in total. The van der Waals surface area contributed by atoms with Crippen molar-refractivity contribution in [1.82, 2.24) is 0 Å². The summed E-state index contributed by atoms with van der Waals surface area (Å²) in [6.07, 6.45) is 0. The number of rotatable bonds is 2. The SMILES string of the molecule is CCOc1cccc2c1NC(C)(C)c1ssc(=S)c1-2. The number of anilines is 1. The Bertz CT molecular complexity index is 684. The van der Waals surface area contributed by atoms with E-state index in [9.17, 15) is 0 Å². The van der Waals surface area contributed by atoms with Crippen LogP contribution in [-0.2, 0) is 5.54 Å². The normalized spacial score (nSPS) is 15.3. The van der Waals surface area contributed by atoms with Crippen molar-refractivity contribution in [3.8, 4) is 16.9 Å². The molecule has 0 atom stereocenters. The van der Waals surface area contributed by atoms with Crippen LogP contribution in [0.2, 0.25) is 0 Å². The zero-order valence-electron chi connectivity index (χ0n) is 11.1. The lowest BCUT2D eigenvalue weighted by molar-refractivity contribution is 0.341. The van der Waals surface area contributed by atoms with Crippen LogP contribution in [0.25, 0.3) is 11.1 Å². The minimum Gasteiger partial charge on any atom is -0.492 e. The number of hydrogen-bond donors (Lipinski definition) is 1. The van der Waals surface area contributed by atoms with Crippen molar-refractivity contribution in [3.63, 3.8) is 0 Å². The highest BCUT2D eigenvalue weighted by Gasteiger charge is 2.34. The van der Waals surface area contributed by atoms with E-state index in [1.54, 1.807) is 20.7 Å². The molecule has 1 aliphatic rings. The van der Waals surface area contributed by atoms with E-state index < -0.39 is 0 Å². The van der Waals surface area contributed by atoms with E-state index >= 15 is 0 Å². The van der Waals surface area contributed by atoms with Gasteiger partial charge >= 0.3 is 0 Å². The molecule has 0 aliphatic carbocycles. The fraction of sp³-hybridized carbons (Fsp3) is 0.357. The number of benzene rings is 1. The second kappa shape index (κ2) is 4.58. The Labute approximate surface area is 125 Å². The van der Waals surface area contributed by atoms with Gasteiger partial charge in [-0.15, -0.1) is 0 Å². The molecule has 2 heterocycles. The first-order valence-corrected chi connectivity index (χ1v) is 8.78. The van der Waals surface area contributed by atoms with Gasteiger partial charge in [0.05, 0.1) is 22.7 Å². The van der Waals surface area contributed by atoms with Gasteiger partial charge in [0.25, 0.3) is 0 Å². The Kier molecular flexibility index (Phi) is 3.15. The predicted molar refractivity (Wildman–Crippen MR) is 86.3 cm³/mol. The summed E-state index contributed by atoms with van der Waals surface area (Å²) in [5, 5.41) is 3.60. The van der Waals surface area contributed by atoms with E-state index in [4.69, 9.17) is 17.0 Å². The van der Waals surface area contributed by atoms with Crippen LogP contribution in [0, 0.1) is 3.82 Å². The first-order valence-electron chi connectivity index (χ1n) is 6.22. The average Bonchev–Trinajstić information content (AvgIpc) is 2.74. The fourth-order valence-corrected chi connectivity index (χ4v) is 5.68. The maximum atomic E-state index is 5.74. The molecule has 0 saturated heterocycles. The van der Waals surface area contributed by atoms with Crippen molar-refractivity contribution < 1.29 is 4.74 Å². The van der Waals surface area contributed by atoms with Gasteiger partial charge < -0.3 is 10.1 Å². The third kappa shape index (κ3) is 2.00. The second-order valence-electron chi connectivity index (χ2n) is 5.02. The van der Waals surface area contributed by atoms with Crippen LogP contribution in [0.3, 0.4) is 0 Å². The molecule has 0 radical (unpaired) electrons. The van der Waals surface area contributed by atoms with E-state index in [0.29, 0.717) is 6.61 Å². The molecule has 1 aromatic heterocycles. The minimum absolute atomic E-state index is 0.103. The quantitative estimate of drug-likeness (QED) is 0.603. The highest BCUT2D eigenvalue weighted by Crippen LogP contribution is 2.51. The minimum atomic E-state index is -0.103. The summed E-state index contributed by atoms with van der Waals surface area (Å²) in [7, 11) is 3.46. The van der Waals surface area contributed by atoms with Crippen LogP contribution in [0.5, 0.6) is 5.75 Å². The molecule has 3 rings (SSSR count). The molecule has 0 spiro atoms. The number of para-hydroxylation sites is 1. The third-order valence-corrected chi connectivity index (χ3v) is 6.57. The highest BCUT2D eigenvalue weighted by molar-refractivity contribution is 7.80. The molecular formula is C14H15NOS3. The Morgan fingerprint density at radius 1 is 1.32 bits per heavy atom. The van der Waals surface area contributed by atoms with Crippen LogP contribution in [-0.4, -0.2) is 6.61 Å². The van der Waals surface area contributed by atoms with E-state index in [1.165, 1.54) is 16.0 Å². The molecule has 0 fully saturated rings. The van der Waals surface area contributed by atoms with Gasteiger partial charge in [-0.25, -0.2) is 0 Å². The van der Waals surface area contributed by atoms with Crippen LogP contribution in [0.15, 0.2) is 18.2 Å². The van der Waals surface area contributed by atoms with Gasteiger partial charge in [-0.1, -0.05) is 45.0 Å². The summed E-state index contributed by atoms with van der Waals surface area (Å²) in [5.74, 6) is 0.907. The molecule has 0 bridgehead atoms. The van der Waals surface area contributed by atoms with E-state index in [-0.39, 0.29) is 5.54 Å². The predicted octanol–water partition coefficient (Wildman–Crippen LogP) is 5.27. The number of fused-ring (bicyclic) bond motifs is 3. The summed E-state index contributed by atoms with van der Waals surface area (Å²) in [6.45, 7) is 7.05. The summed E-state index contributed by atoms with van der Waals surface area (Å²) >= 11 is 5.52. The lowest BCUT2D eigenvalue weighted by Crippen LogP contribution is -2.30. The third-order valence-electron chi connectivity index (χ3n) is 3.23. The van der Waals surface area contributed by atoms with Gasteiger partial charge in [-0.3, -0.25) is 0 Å². The molecule has 2 aromatic rings. The van der Waals surface area contributed by atoms with Crippen LogP contribution in [0.1, 0.15) is 25.6 Å². The molecule has 19 heavy (non-hydrogen) atoms. The first kappa shape index (κ1) is 13.1. The van der Waals surface area contributed by atoms with Gasteiger partial charge in [-0.05, 0) is 26.8 Å². The summed E-state index contributed by atoms with van der Waals surface area (Å²) in [4.78, 5) is 1.32. The van der Waals surface area contributed by atoms with Crippen molar-refractivity contribution in [2.45, 2.75) is 26.3 Å². The molecular weight excluding hydrogens is 294 g/mol. The Hall–Kier alpha value is -0.910. The molecule has 1 aromatic carbocycles. The van der Waals surface area contributed by atoms with Gasteiger partial charge in [0.1, 0.15) is 9.57 Å². The number of hydrogen-bond acceptors (Lipinski definition) is 5. The summed E-state index contributed by atoms with van der Waals surface area (Å²) in [6, 6.07) is 6.16. The molecule has 5 heteroatoms. The van der Waals surface area contributed by atoms with E-state index in [1.807, 2.05) is 19.1 Å². The van der Waals surface area contributed by atoms with Crippen molar-refractivity contribution in [1.29, 1.82) is 0 Å². The van der Waals surface area contributed by atoms with Gasteiger partial charge in [0, 0.05) is 11.1 Å². The molecule has 1 aliphatic heterocycles. The standard InChI is InChI=1S/C14H15NOS3/c1-4-16-9-7-5-6-8-10-12(18-19-13(10)17)14(2,3)15-11(8)9/h5-7,15H,4H2,1-3H3. The van der Waals surface area contributed by atoms with Gasteiger partial charge in [-0.2, -0.15) is 0 Å². The fourth-order valence-electron chi connectivity index (χ4n) is 2.42. The van der Waals surface area contributed by atoms with E-state index in [0.717, 1.165) is 15.3 Å². The van der Waals surface area contributed by atoms with Crippen molar-refractivity contribution >= 4 is 38.6 Å². The highest BCUT2D eigenvalue weighted by atomic mass is 32.9. The zero-order valence-corrected chi connectivity index (χ0v) is 13.5. The van der Waals surface area contributed by atoms with Crippen molar-refractivity contribution in [2.75, 3.05) is 11.9 Å². The second-order valence-corrected chi connectivity index (χ2v) is 7.84. The summed E-state index contributed by atoms with van der Waals surface area (Å²) < 4.78 is 6.72. The topological polar surface area (TPSA) is 21.3 Å². The van der Waals surface area contributed by atoms with Gasteiger partial charge in [0.15, 0.2) is 0 Å². The molecule has 0 amide bonds. The maximum Gasteiger partial charge on any atom is 0.143 e. The average molecular weight is 309 g/mol. The first-order chi connectivity index (χ1) is 9.04. The Morgan fingerprint density at radius 2 is 2.11 bits per heavy atom. The van der Waals surface area contributed by atoms with Crippen molar-refractivity contribution in [2.24, 2.45) is 0 Å². The largest absolute Gasteiger partial charge is 0.492 e. The maximum absolute atomic E-state index is 5.74.